The number of imidazole rings is 1. The van der Waals surface area contributed by atoms with Crippen LogP contribution in [0.25, 0.3) is 6.08 Å². The third-order valence-electron chi connectivity index (χ3n) is 5.44. The fourth-order valence-electron chi connectivity index (χ4n) is 3.93. The smallest absolute Gasteiger partial charge is 0.186 e. The number of Topliss-reactive ketones (excluding diaryl/α,β-unsaturated/α-hetero) is 1. The van der Waals surface area contributed by atoms with Gasteiger partial charge in [0.15, 0.2) is 10.9 Å². The Bertz CT molecular complexity index is 935. The Morgan fingerprint density at radius 2 is 2.00 bits per heavy atom. The van der Waals surface area contributed by atoms with E-state index in [1.165, 1.54) is 17.8 Å². The van der Waals surface area contributed by atoms with Crippen LogP contribution in [-0.2, 0) is 9.59 Å². The van der Waals surface area contributed by atoms with Gasteiger partial charge in [-0.3, -0.25) is 14.5 Å². The highest BCUT2D eigenvalue weighted by molar-refractivity contribution is 8.14. The molecule has 1 aliphatic heterocycles. The largest absolute Gasteiger partial charge is 0.345 e. The maximum absolute atomic E-state index is 14.6. The number of thioether (sulfide) groups is 1. The number of rotatable bonds is 6. The molecule has 2 aromatic rings. The molecule has 1 saturated carbocycles. The zero-order valence-electron chi connectivity index (χ0n) is 17.1. The molecule has 4 rings (SSSR count). The molecule has 5 nitrogen and oxygen atoms in total. The topological polar surface area (TPSA) is 66.1 Å². The first-order chi connectivity index (χ1) is 14.0. The summed E-state index contributed by atoms with van der Waals surface area (Å²) in [5.41, 5.74) is 1.47. The maximum Gasteiger partial charge on any atom is 0.186 e. The number of hydrogen-bond donors (Lipinski definition) is 1. The number of halogens is 3. The summed E-state index contributed by atoms with van der Waals surface area (Å²) in [5, 5.41) is 0.0969. The van der Waals surface area contributed by atoms with Crippen molar-refractivity contribution in [1.29, 1.82) is 0 Å². The van der Waals surface area contributed by atoms with Crippen LogP contribution in [0.3, 0.4) is 0 Å². The molecule has 1 saturated heterocycles. The number of nitrogens with zero attached hydrogens (tertiary/aromatic N) is 2. The molecule has 9 heteroatoms. The minimum atomic E-state index is -0.591. The van der Waals surface area contributed by atoms with Gasteiger partial charge in [0.25, 0.3) is 0 Å². The summed E-state index contributed by atoms with van der Waals surface area (Å²) in [7, 11) is 0. The van der Waals surface area contributed by atoms with Crippen molar-refractivity contribution >= 4 is 53.6 Å². The van der Waals surface area contributed by atoms with E-state index in [1.54, 1.807) is 37.5 Å². The summed E-state index contributed by atoms with van der Waals surface area (Å²) >= 11 is 1.31. The van der Waals surface area contributed by atoms with Crippen molar-refractivity contribution in [3.05, 3.63) is 59.4 Å². The van der Waals surface area contributed by atoms with Gasteiger partial charge < -0.3 is 4.98 Å². The van der Waals surface area contributed by atoms with E-state index < -0.39 is 6.04 Å². The summed E-state index contributed by atoms with van der Waals surface area (Å²) in [6.07, 6.45) is 7.87. The molecule has 31 heavy (non-hydrogen) atoms. The molecule has 1 N–H and O–H groups in total. The lowest BCUT2D eigenvalue weighted by Gasteiger charge is -2.38. The number of carbonyl (C=O) groups is 2. The summed E-state index contributed by atoms with van der Waals surface area (Å²) in [6.45, 7) is 2.71. The lowest BCUT2D eigenvalue weighted by Crippen LogP contribution is -2.43. The number of carbonyl (C=O) groups excluding carboxylic acids is 2. The minimum Gasteiger partial charge on any atom is -0.345 e. The fraction of sp³-hybridized carbons (Fsp3) is 0.409. The van der Waals surface area contributed by atoms with Crippen LogP contribution in [0.1, 0.15) is 43.6 Å². The van der Waals surface area contributed by atoms with E-state index >= 15 is 0 Å². The van der Waals surface area contributed by atoms with Crippen LogP contribution in [0.15, 0.2) is 42.2 Å². The zero-order valence-corrected chi connectivity index (χ0v) is 19.6. The van der Waals surface area contributed by atoms with Gasteiger partial charge in [0.1, 0.15) is 11.6 Å². The van der Waals surface area contributed by atoms with Gasteiger partial charge in [0.05, 0.1) is 6.04 Å². The molecule has 0 spiro atoms. The van der Waals surface area contributed by atoms with Crippen molar-refractivity contribution < 1.29 is 14.0 Å². The average molecular weight is 486 g/mol. The second-order valence-corrected chi connectivity index (χ2v) is 9.03. The van der Waals surface area contributed by atoms with Crippen LogP contribution in [0.4, 0.5) is 4.39 Å². The molecule has 2 heterocycles. The van der Waals surface area contributed by atoms with Crippen molar-refractivity contribution in [2.75, 3.05) is 13.1 Å². The van der Waals surface area contributed by atoms with E-state index in [-0.39, 0.29) is 52.7 Å². The fourth-order valence-corrected chi connectivity index (χ4v) is 4.85. The normalized spacial score (nSPS) is 21.1. The molecule has 0 bridgehead atoms. The number of benzene rings is 1. The third kappa shape index (κ3) is 6.19. The molecule has 2 aliphatic rings. The second-order valence-electron chi connectivity index (χ2n) is 7.65. The number of aromatic amines is 1. The Morgan fingerprint density at radius 3 is 2.61 bits per heavy atom. The van der Waals surface area contributed by atoms with Gasteiger partial charge in [0.2, 0.25) is 0 Å². The van der Waals surface area contributed by atoms with Crippen molar-refractivity contribution in [3.8, 4) is 0 Å². The van der Waals surface area contributed by atoms with Crippen LogP contribution in [-0.4, -0.2) is 44.1 Å². The highest BCUT2D eigenvalue weighted by Crippen LogP contribution is 2.40. The Balaban J connectivity index is 0.00000171. The molecular weight excluding hydrogens is 460 g/mol. The highest BCUT2D eigenvalue weighted by atomic mass is 35.5. The van der Waals surface area contributed by atoms with Gasteiger partial charge in [-0.1, -0.05) is 30.0 Å². The average Bonchev–Trinajstić information content (AvgIpc) is 3.42. The van der Waals surface area contributed by atoms with Gasteiger partial charge in [-0.25, -0.2) is 9.37 Å². The third-order valence-corrected chi connectivity index (χ3v) is 6.60. The molecule has 1 aromatic heterocycles. The predicted octanol–water partition coefficient (Wildman–Crippen LogP) is 4.85. The standard InChI is InChI=1S/C22H24FN3O2S.2ClH/c1-14(27)29-19-8-11-26(13-16(19)12-20-24-9-10-25-20)21(22(28)15-6-7-15)17-4-2-3-5-18(17)23;;/h2-5,9-10,12,15,19,21H,6-8,11,13H2,1H3,(H,24,25);2*1H/b16-12-;;. The summed E-state index contributed by atoms with van der Waals surface area (Å²) < 4.78 is 14.6. The first-order valence-corrected chi connectivity index (χ1v) is 10.8. The summed E-state index contributed by atoms with van der Waals surface area (Å²) in [6, 6.07) is 5.97. The number of nitrogens with one attached hydrogen (secondary N) is 1. The quantitative estimate of drug-likeness (QED) is 0.633. The maximum atomic E-state index is 14.6. The van der Waals surface area contributed by atoms with Gasteiger partial charge in [0, 0.05) is 49.1 Å². The molecule has 168 valence electrons. The van der Waals surface area contributed by atoms with E-state index in [2.05, 4.69) is 14.9 Å². The monoisotopic (exact) mass is 485 g/mol. The van der Waals surface area contributed by atoms with E-state index in [4.69, 9.17) is 0 Å². The SMILES string of the molecule is CC(=O)SC1CCN(C(C(=O)C2CC2)c2ccccc2F)C/C1=C/c1ncc[nH]1.Cl.Cl. The number of likely N-dealkylation sites (tertiary alicyclic amines) is 1. The zero-order chi connectivity index (χ0) is 20.4. The molecule has 2 fully saturated rings. The number of H-pyrrole nitrogens is 1. The van der Waals surface area contributed by atoms with Gasteiger partial charge in [-0.2, -0.15) is 0 Å². The molecule has 2 atom stereocenters. The minimum absolute atomic E-state index is 0. The predicted molar refractivity (Wildman–Crippen MR) is 126 cm³/mol. The number of piperidine rings is 1. The molecule has 1 aliphatic carbocycles. The van der Waals surface area contributed by atoms with Crippen LogP contribution in [0.5, 0.6) is 0 Å². The van der Waals surface area contributed by atoms with Gasteiger partial charge in [-0.05, 0) is 37.0 Å². The Labute approximate surface area is 198 Å². The molecule has 2 unspecified atom stereocenters. The number of ketones is 1. The van der Waals surface area contributed by atoms with Gasteiger partial charge >= 0.3 is 0 Å². The summed E-state index contributed by atoms with van der Waals surface area (Å²) in [5.74, 6) is 0.502. The molecule has 0 amide bonds. The lowest BCUT2D eigenvalue weighted by atomic mass is 9.93. The first kappa shape index (κ1) is 25.6. The number of hydrogen-bond acceptors (Lipinski definition) is 5. The van der Waals surface area contributed by atoms with E-state index in [0.29, 0.717) is 24.5 Å². The van der Waals surface area contributed by atoms with Crippen molar-refractivity contribution in [1.82, 2.24) is 14.9 Å². The first-order valence-electron chi connectivity index (χ1n) is 9.92. The van der Waals surface area contributed by atoms with Crippen LogP contribution in [0, 0.1) is 11.7 Å². The van der Waals surface area contributed by atoms with Gasteiger partial charge in [-0.15, -0.1) is 24.8 Å². The number of aromatic nitrogens is 2. The second kappa shape index (κ2) is 11.3. The molecule has 0 radical (unpaired) electrons. The van der Waals surface area contributed by atoms with Crippen molar-refractivity contribution in [2.45, 2.75) is 37.5 Å². The van der Waals surface area contributed by atoms with Crippen LogP contribution in [0.2, 0.25) is 0 Å². The lowest BCUT2D eigenvalue weighted by molar-refractivity contribution is -0.126. The van der Waals surface area contributed by atoms with Crippen LogP contribution >= 0.6 is 36.6 Å². The molecule has 1 aromatic carbocycles. The Kier molecular flexibility index (Phi) is 9.30. The highest BCUT2D eigenvalue weighted by Gasteiger charge is 2.41. The van der Waals surface area contributed by atoms with E-state index in [1.807, 2.05) is 6.08 Å². The van der Waals surface area contributed by atoms with Crippen molar-refractivity contribution in [3.63, 3.8) is 0 Å². The van der Waals surface area contributed by atoms with E-state index in [9.17, 15) is 14.0 Å². The molecular formula is C22H26Cl2FN3O2S. The Hall–Kier alpha value is -1.67. The Morgan fingerprint density at radius 1 is 1.26 bits per heavy atom. The summed E-state index contributed by atoms with van der Waals surface area (Å²) in [4.78, 5) is 34.3. The van der Waals surface area contributed by atoms with Crippen LogP contribution < -0.4 is 0 Å². The van der Waals surface area contributed by atoms with Crippen molar-refractivity contribution in [2.24, 2.45) is 5.92 Å². The van der Waals surface area contributed by atoms with E-state index in [0.717, 1.165) is 24.8 Å².